The van der Waals surface area contributed by atoms with Gasteiger partial charge in [-0.3, -0.25) is 4.79 Å². The number of amides is 1. The van der Waals surface area contributed by atoms with E-state index in [1.807, 2.05) is 37.5 Å². The van der Waals surface area contributed by atoms with E-state index in [9.17, 15) is 4.79 Å². The van der Waals surface area contributed by atoms with Gasteiger partial charge in [-0.15, -0.1) is 0 Å². The topological polar surface area (TPSA) is 74.8 Å². The van der Waals surface area contributed by atoms with E-state index in [1.54, 1.807) is 6.33 Å². The van der Waals surface area contributed by atoms with Crippen LogP contribution in [0.25, 0.3) is 22.2 Å². The van der Waals surface area contributed by atoms with Crippen LogP contribution in [0.4, 0.5) is 0 Å². The second-order valence-corrected chi connectivity index (χ2v) is 9.90. The zero-order chi connectivity index (χ0) is 24.0. The first-order chi connectivity index (χ1) is 16.3. The largest absolute Gasteiger partial charge is 0.345 e. The molecule has 6 heteroatoms. The second-order valence-electron chi connectivity index (χ2n) is 9.90. The van der Waals surface area contributed by atoms with E-state index in [0.29, 0.717) is 12.1 Å². The van der Waals surface area contributed by atoms with E-state index in [2.05, 4.69) is 70.7 Å². The zero-order valence-electron chi connectivity index (χ0n) is 20.5. The number of aromatic nitrogens is 4. The molecular formula is C28H31N5O. The molecule has 0 spiro atoms. The molecule has 6 nitrogen and oxygen atoms in total. The van der Waals surface area contributed by atoms with Crippen molar-refractivity contribution in [2.24, 2.45) is 5.92 Å². The average Bonchev–Trinajstić information content (AvgIpc) is 3.31. The number of H-pyrrole nitrogens is 1. The Morgan fingerprint density at radius 1 is 1.09 bits per heavy atom. The van der Waals surface area contributed by atoms with Gasteiger partial charge in [0.2, 0.25) is 0 Å². The van der Waals surface area contributed by atoms with E-state index in [1.165, 1.54) is 11.1 Å². The molecule has 2 atom stereocenters. The highest BCUT2D eigenvalue weighted by Crippen LogP contribution is 2.44. The molecule has 0 saturated carbocycles. The third-order valence-electron chi connectivity index (χ3n) is 7.73. The van der Waals surface area contributed by atoms with Crippen molar-refractivity contribution < 1.29 is 4.79 Å². The average molecular weight is 454 g/mol. The molecule has 174 valence electrons. The molecule has 1 aliphatic rings. The smallest absolute Gasteiger partial charge is 0.254 e. The van der Waals surface area contributed by atoms with Crippen molar-refractivity contribution in [2.45, 2.75) is 52.5 Å². The van der Waals surface area contributed by atoms with Crippen molar-refractivity contribution in [1.82, 2.24) is 24.8 Å². The van der Waals surface area contributed by atoms with Gasteiger partial charge < -0.3 is 9.88 Å². The molecule has 1 aliphatic carbocycles. The van der Waals surface area contributed by atoms with Gasteiger partial charge in [0.1, 0.15) is 5.82 Å². The Bertz CT molecular complexity index is 1350. The van der Waals surface area contributed by atoms with Crippen molar-refractivity contribution in [2.75, 3.05) is 6.54 Å². The Labute approximate surface area is 200 Å². The quantitative estimate of drug-likeness (QED) is 0.453. The molecular weight excluding hydrogens is 422 g/mol. The minimum atomic E-state index is -0.0964. The maximum absolute atomic E-state index is 13.7. The van der Waals surface area contributed by atoms with Crippen molar-refractivity contribution in [3.05, 3.63) is 77.6 Å². The van der Waals surface area contributed by atoms with Crippen LogP contribution in [-0.2, 0) is 11.8 Å². The monoisotopic (exact) mass is 453 g/mol. The zero-order valence-corrected chi connectivity index (χ0v) is 20.5. The summed E-state index contributed by atoms with van der Waals surface area (Å²) in [6.45, 7) is 11.5. The third-order valence-corrected chi connectivity index (χ3v) is 7.73. The van der Waals surface area contributed by atoms with Gasteiger partial charge in [0, 0.05) is 36.1 Å². The number of nitrogens with one attached hydrogen (secondary N) is 1. The fraction of sp³-hybridized carbons (Fsp3) is 0.357. The summed E-state index contributed by atoms with van der Waals surface area (Å²) in [6.07, 6.45) is 6.28. The molecule has 0 saturated heterocycles. The number of aromatic amines is 1. The number of hydrogen-bond donors (Lipinski definition) is 1. The van der Waals surface area contributed by atoms with Crippen LogP contribution in [0, 0.1) is 12.8 Å². The van der Waals surface area contributed by atoms with Crippen LogP contribution in [0.1, 0.15) is 55.0 Å². The summed E-state index contributed by atoms with van der Waals surface area (Å²) >= 11 is 0. The summed E-state index contributed by atoms with van der Waals surface area (Å²) in [5.74, 6) is 1.13. The number of nitrogens with zero attached hydrogens (tertiary/aromatic N) is 4. The van der Waals surface area contributed by atoms with Gasteiger partial charge in [-0.1, -0.05) is 39.0 Å². The highest BCUT2D eigenvalue weighted by atomic mass is 16.2. The van der Waals surface area contributed by atoms with Gasteiger partial charge in [0.15, 0.2) is 0 Å². The van der Waals surface area contributed by atoms with Gasteiger partial charge >= 0.3 is 0 Å². The SMILES string of the molecule is CCN(C(=O)c1ccc2nc[nH]c2c1)[C@@H]1Cc2ccc(-c3cnc(C)nc3)cc2C(C)(C)[C@@H]1C. The van der Waals surface area contributed by atoms with Crippen LogP contribution in [0.15, 0.2) is 55.1 Å². The lowest BCUT2D eigenvalue weighted by molar-refractivity contribution is 0.0544. The fourth-order valence-corrected chi connectivity index (χ4v) is 5.35. The molecule has 34 heavy (non-hydrogen) atoms. The Morgan fingerprint density at radius 2 is 1.85 bits per heavy atom. The Hall–Kier alpha value is -3.54. The standard InChI is InChI=1S/C28H31N5O/c1-6-33(27(34)21-9-10-24-25(12-21)32-16-31-24)26-13-20-8-7-19(22-14-29-18(3)30-15-22)11-23(20)28(4,5)17(26)2/h7-12,14-17,26H,6,13H2,1-5H3,(H,31,32)/t17-,26-/m1/s1. The van der Waals surface area contributed by atoms with E-state index in [-0.39, 0.29) is 23.3 Å². The van der Waals surface area contributed by atoms with Crippen LogP contribution in [0.5, 0.6) is 0 Å². The minimum absolute atomic E-state index is 0.0727. The lowest BCUT2D eigenvalue weighted by Gasteiger charge is -2.48. The highest BCUT2D eigenvalue weighted by Gasteiger charge is 2.43. The van der Waals surface area contributed by atoms with Crippen LogP contribution in [-0.4, -0.2) is 43.3 Å². The molecule has 0 aliphatic heterocycles. The van der Waals surface area contributed by atoms with E-state index >= 15 is 0 Å². The summed E-state index contributed by atoms with van der Waals surface area (Å²) in [4.78, 5) is 31.8. The first-order valence-corrected chi connectivity index (χ1v) is 12.0. The van der Waals surface area contributed by atoms with Crippen LogP contribution in [0.2, 0.25) is 0 Å². The van der Waals surface area contributed by atoms with Crippen molar-refractivity contribution in [1.29, 1.82) is 0 Å². The minimum Gasteiger partial charge on any atom is -0.345 e. The van der Waals surface area contributed by atoms with E-state index in [4.69, 9.17) is 0 Å². The first kappa shape index (κ1) is 22.3. The molecule has 0 bridgehead atoms. The van der Waals surface area contributed by atoms with Crippen molar-refractivity contribution in [3.8, 4) is 11.1 Å². The van der Waals surface area contributed by atoms with Crippen LogP contribution >= 0.6 is 0 Å². The van der Waals surface area contributed by atoms with Gasteiger partial charge in [0.25, 0.3) is 5.91 Å². The van der Waals surface area contributed by atoms with E-state index in [0.717, 1.165) is 34.4 Å². The summed E-state index contributed by atoms with van der Waals surface area (Å²) in [5, 5.41) is 0. The molecule has 0 fully saturated rings. The summed E-state index contributed by atoms with van der Waals surface area (Å²) in [6, 6.07) is 12.5. The number of rotatable bonds is 4. The molecule has 1 amide bonds. The number of benzene rings is 2. The number of fused-ring (bicyclic) bond motifs is 2. The summed E-state index contributed by atoms with van der Waals surface area (Å²) < 4.78 is 0. The second kappa shape index (κ2) is 8.35. The molecule has 0 radical (unpaired) electrons. The predicted molar refractivity (Wildman–Crippen MR) is 135 cm³/mol. The molecule has 5 rings (SSSR count). The maximum atomic E-state index is 13.7. The molecule has 2 aromatic carbocycles. The van der Waals surface area contributed by atoms with E-state index < -0.39 is 0 Å². The van der Waals surface area contributed by atoms with Crippen LogP contribution in [0.3, 0.4) is 0 Å². The summed E-state index contributed by atoms with van der Waals surface area (Å²) in [5.41, 5.74) is 7.17. The van der Waals surface area contributed by atoms with Crippen molar-refractivity contribution >= 4 is 16.9 Å². The molecule has 2 aromatic heterocycles. The number of hydrogen-bond acceptors (Lipinski definition) is 4. The summed E-state index contributed by atoms with van der Waals surface area (Å²) in [7, 11) is 0. The number of imidazole rings is 1. The van der Waals surface area contributed by atoms with Gasteiger partial charge in [-0.25, -0.2) is 15.0 Å². The molecule has 2 heterocycles. The highest BCUT2D eigenvalue weighted by molar-refractivity contribution is 5.97. The number of carbonyl (C=O) groups excluding carboxylic acids is 1. The third kappa shape index (κ3) is 3.67. The number of aryl methyl sites for hydroxylation is 1. The first-order valence-electron chi connectivity index (χ1n) is 12.0. The number of carbonyl (C=O) groups is 1. The Balaban J connectivity index is 1.49. The van der Waals surface area contributed by atoms with Crippen LogP contribution < -0.4 is 0 Å². The van der Waals surface area contributed by atoms with Gasteiger partial charge in [-0.05, 0) is 66.5 Å². The Kier molecular flexibility index (Phi) is 5.47. The fourth-order valence-electron chi connectivity index (χ4n) is 5.35. The molecule has 1 N–H and O–H groups in total. The van der Waals surface area contributed by atoms with Gasteiger partial charge in [-0.2, -0.15) is 0 Å². The van der Waals surface area contributed by atoms with Crippen molar-refractivity contribution in [3.63, 3.8) is 0 Å². The lowest BCUT2D eigenvalue weighted by Crippen LogP contribution is -2.52. The molecule has 0 unspecified atom stereocenters. The van der Waals surface area contributed by atoms with Gasteiger partial charge in [0.05, 0.1) is 17.4 Å². The lowest BCUT2D eigenvalue weighted by atomic mass is 9.63. The number of likely N-dealkylation sites (N-methyl/N-ethyl adjacent to an activating group) is 1. The normalized spacial score (nSPS) is 19.1. The Morgan fingerprint density at radius 3 is 2.59 bits per heavy atom. The predicted octanol–water partition coefficient (Wildman–Crippen LogP) is 5.33. The maximum Gasteiger partial charge on any atom is 0.254 e. The molecule has 4 aromatic rings.